The highest BCUT2D eigenvalue weighted by Crippen LogP contribution is 2.24. The number of nitro groups is 1. The van der Waals surface area contributed by atoms with E-state index in [0.29, 0.717) is 23.7 Å². The normalized spacial score (nSPS) is 10.9. The minimum atomic E-state index is -3.89. The molecule has 10 nitrogen and oxygen atoms in total. The lowest BCUT2D eigenvalue weighted by atomic mass is 10.2. The third kappa shape index (κ3) is 5.81. The number of carbonyl (C=O) groups excluding carboxylic acids is 1. The molecular weight excluding hydrogens is 460 g/mol. The molecule has 0 aromatic heterocycles. The minimum absolute atomic E-state index is 0.00803. The summed E-state index contributed by atoms with van der Waals surface area (Å²) in [6.07, 6.45) is 0. The van der Waals surface area contributed by atoms with Crippen molar-refractivity contribution in [3.8, 4) is 5.75 Å². The van der Waals surface area contributed by atoms with Crippen molar-refractivity contribution in [1.82, 2.24) is 5.32 Å². The van der Waals surface area contributed by atoms with Gasteiger partial charge in [0.05, 0.1) is 22.6 Å². The Hall–Kier alpha value is -4.12. The van der Waals surface area contributed by atoms with Crippen molar-refractivity contribution < 1.29 is 22.9 Å². The average molecular weight is 485 g/mol. The van der Waals surface area contributed by atoms with Crippen LogP contribution in [0.15, 0.2) is 77.7 Å². The van der Waals surface area contributed by atoms with Crippen LogP contribution >= 0.6 is 0 Å². The molecular formula is C23H24N4O6S. The van der Waals surface area contributed by atoms with E-state index in [1.54, 1.807) is 36.4 Å². The summed E-state index contributed by atoms with van der Waals surface area (Å²) in [7, 11) is -0.922. The van der Waals surface area contributed by atoms with Crippen LogP contribution in [0.1, 0.15) is 10.4 Å². The Morgan fingerprint density at radius 3 is 2.32 bits per heavy atom. The average Bonchev–Trinajstić information content (AvgIpc) is 2.86. The summed E-state index contributed by atoms with van der Waals surface area (Å²) in [6.45, 7) is 0.639. The van der Waals surface area contributed by atoms with E-state index in [-0.39, 0.29) is 22.7 Å². The van der Waals surface area contributed by atoms with Gasteiger partial charge in [0.25, 0.3) is 21.6 Å². The van der Waals surface area contributed by atoms with Gasteiger partial charge < -0.3 is 15.4 Å². The first kappa shape index (κ1) is 24.5. The molecule has 0 aliphatic carbocycles. The molecule has 0 heterocycles. The Kier molecular flexibility index (Phi) is 7.69. The largest absolute Gasteiger partial charge is 0.497 e. The van der Waals surface area contributed by atoms with Gasteiger partial charge in [-0.15, -0.1) is 0 Å². The highest BCUT2D eigenvalue weighted by Gasteiger charge is 2.22. The monoisotopic (exact) mass is 484 g/mol. The zero-order valence-electron chi connectivity index (χ0n) is 18.6. The Balaban J connectivity index is 1.60. The molecule has 11 heteroatoms. The van der Waals surface area contributed by atoms with Gasteiger partial charge in [0.15, 0.2) is 0 Å². The smallest absolute Gasteiger partial charge is 0.269 e. The molecule has 3 rings (SSSR count). The van der Waals surface area contributed by atoms with Crippen molar-refractivity contribution in [2.24, 2.45) is 0 Å². The number of ether oxygens (including phenoxy) is 1. The van der Waals surface area contributed by atoms with E-state index in [4.69, 9.17) is 4.74 Å². The van der Waals surface area contributed by atoms with Crippen LogP contribution in [-0.2, 0) is 10.0 Å². The Morgan fingerprint density at radius 1 is 1.03 bits per heavy atom. The molecule has 178 valence electrons. The SMILES string of the molecule is COc1ccc(N(C)S(=O)(=O)c2cccc(C(=O)NCCNc3ccc([N+](=O)[O-])cc3)c2)cc1. The van der Waals surface area contributed by atoms with Crippen molar-refractivity contribution >= 4 is 33.0 Å². The van der Waals surface area contributed by atoms with Gasteiger partial charge in [0, 0.05) is 43.5 Å². The summed E-state index contributed by atoms with van der Waals surface area (Å²) in [5.74, 6) is 0.186. The summed E-state index contributed by atoms with van der Waals surface area (Å²) >= 11 is 0. The lowest BCUT2D eigenvalue weighted by Crippen LogP contribution is -2.29. The second-order valence-corrected chi connectivity index (χ2v) is 9.15. The number of methoxy groups -OCH3 is 1. The van der Waals surface area contributed by atoms with Crippen molar-refractivity contribution in [2.75, 3.05) is 36.9 Å². The molecule has 0 saturated heterocycles. The number of nitro benzene ring substituents is 1. The molecule has 34 heavy (non-hydrogen) atoms. The first-order valence-electron chi connectivity index (χ1n) is 10.2. The summed E-state index contributed by atoms with van der Waals surface area (Å²) < 4.78 is 32.3. The van der Waals surface area contributed by atoms with Crippen LogP contribution in [0.4, 0.5) is 17.1 Å². The molecule has 0 spiro atoms. The number of non-ortho nitro benzene ring substituents is 1. The lowest BCUT2D eigenvalue weighted by molar-refractivity contribution is -0.384. The molecule has 1 amide bonds. The maximum Gasteiger partial charge on any atom is 0.269 e. The number of nitrogens with one attached hydrogen (secondary N) is 2. The van der Waals surface area contributed by atoms with Crippen LogP contribution in [0.25, 0.3) is 0 Å². The summed E-state index contributed by atoms with van der Waals surface area (Å²) in [6, 6.07) is 18.3. The van der Waals surface area contributed by atoms with Crippen LogP contribution in [0.5, 0.6) is 5.75 Å². The number of sulfonamides is 1. The van der Waals surface area contributed by atoms with E-state index in [2.05, 4.69) is 10.6 Å². The molecule has 2 N–H and O–H groups in total. The second kappa shape index (κ2) is 10.7. The molecule has 3 aromatic rings. The number of amides is 1. The van der Waals surface area contributed by atoms with Crippen LogP contribution < -0.4 is 19.7 Å². The molecule has 0 atom stereocenters. The number of hydrogen-bond donors (Lipinski definition) is 2. The predicted molar refractivity (Wildman–Crippen MR) is 129 cm³/mol. The van der Waals surface area contributed by atoms with E-state index >= 15 is 0 Å². The third-order valence-corrected chi connectivity index (χ3v) is 6.79. The Morgan fingerprint density at radius 2 is 1.71 bits per heavy atom. The van der Waals surface area contributed by atoms with Crippen molar-refractivity contribution in [3.63, 3.8) is 0 Å². The first-order valence-corrected chi connectivity index (χ1v) is 11.7. The summed E-state index contributed by atoms with van der Waals surface area (Å²) in [4.78, 5) is 22.7. The number of anilines is 2. The van der Waals surface area contributed by atoms with Gasteiger partial charge >= 0.3 is 0 Å². The molecule has 0 unspecified atom stereocenters. The molecule has 0 aliphatic rings. The Labute approximate surface area is 197 Å². The third-order valence-electron chi connectivity index (χ3n) is 5.01. The van der Waals surface area contributed by atoms with Crippen molar-refractivity contribution in [3.05, 3.63) is 88.5 Å². The maximum atomic E-state index is 13.1. The summed E-state index contributed by atoms with van der Waals surface area (Å²) in [5, 5.41) is 16.5. The van der Waals surface area contributed by atoms with Gasteiger partial charge in [-0.25, -0.2) is 8.42 Å². The molecule has 0 aliphatic heterocycles. The number of nitrogens with zero attached hydrogens (tertiary/aromatic N) is 2. The van der Waals surface area contributed by atoms with Gasteiger partial charge in [-0.1, -0.05) is 6.07 Å². The van der Waals surface area contributed by atoms with E-state index in [1.807, 2.05) is 0 Å². The standard InChI is InChI=1S/C23H24N4O6S/c1-26(19-10-12-21(33-2)13-11-19)34(31,32)22-5-3-4-17(16-22)23(28)25-15-14-24-18-6-8-20(9-7-18)27(29)30/h3-13,16,24H,14-15H2,1-2H3,(H,25,28). The molecule has 0 radical (unpaired) electrons. The molecule has 0 saturated carbocycles. The van der Waals surface area contributed by atoms with Crippen LogP contribution in [0.2, 0.25) is 0 Å². The number of benzene rings is 3. The van der Waals surface area contributed by atoms with Crippen molar-refractivity contribution in [1.29, 1.82) is 0 Å². The van der Waals surface area contributed by atoms with Gasteiger partial charge in [-0.2, -0.15) is 0 Å². The second-order valence-electron chi connectivity index (χ2n) is 7.19. The topological polar surface area (TPSA) is 131 Å². The van der Waals surface area contributed by atoms with E-state index in [9.17, 15) is 23.3 Å². The Bertz CT molecular complexity index is 1260. The predicted octanol–water partition coefficient (Wildman–Crippen LogP) is 3.27. The fraction of sp³-hybridized carbons (Fsp3) is 0.174. The van der Waals surface area contributed by atoms with E-state index in [1.165, 1.54) is 50.6 Å². The minimum Gasteiger partial charge on any atom is -0.497 e. The molecule has 0 bridgehead atoms. The lowest BCUT2D eigenvalue weighted by Gasteiger charge is -2.20. The highest BCUT2D eigenvalue weighted by molar-refractivity contribution is 7.92. The van der Waals surface area contributed by atoms with E-state index in [0.717, 1.165) is 4.31 Å². The van der Waals surface area contributed by atoms with Crippen LogP contribution in [-0.4, -0.2) is 46.5 Å². The van der Waals surface area contributed by atoms with Gasteiger partial charge in [-0.05, 0) is 54.6 Å². The van der Waals surface area contributed by atoms with Crippen LogP contribution in [0.3, 0.4) is 0 Å². The van der Waals surface area contributed by atoms with Gasteiger partial charge in [0.1, 0.15) is 5.75 Å². The molecule has 3 aromatic carbocycles. The number of hydrogen-bond acceptors (Lipinski definition) is 7. The number of carbonyl (C=O) groups is 1. The van der Waals surface area contributed by atoms with E-state index < -0.39 is 20.9 Å². The fourth-order valence-electron chi connectivity index (χ4n) is 3.07. The quantitative estimate of drug-likeness (QED) is 0.256. The zero-order chi connectivity index (χ0) is 24.7. The molecule has 0 fully saturated rings. The maximum absolute atomic E-state index is 13.1. The van der Waals surface area contributed by atoms with Crippen molar-refractivity contribution in [2.45, 2.75) is 4.90 Å². The highest BCUT2D eigenvalue weighted by atomic mass is 32.2. The summed E-state index contributed by atoms with van der Waals surface area (Å²) in [5.41, 5.74) is 1.33. The zero-order valence-corrected chi connectivity index (χ0v) is 19.4. The number of rotatable bonds is 10. The van der Waals surface area contributed by atoms with Gasteiger partial charge in [-0.3, -0.25) is 19.2 Å². The fourth-order valence-corrected chi connectivity index (χ4v) is 4.31. The van der Waals surface area contributed by atoms with Gasteiger partial charge in [0.2, 0.25) is 0 Å². The first-order chi connectivity index (χ1) is 16.2. The van der Waals surface area contributed by atoms with Crippen LogP contribution in [0, 0.1) is 10.1 Å².